The third-order valence-electron chi connectivity index (χ3n) is 2.05. The topological polar surface area (TPSA) is 46.1 Å². The van der Waals surface area contributed by atoms with Crippen molar-refractivity contribution in [2.75, 3.05) is 18.8 Å². The van der Waals surface area contributed by atoms with Crippen LogP contribution in [-0.4, -0.2) is 34.4 Å². The van der Waals surface area contributed by atoms with E-state index in [4.69, 9.17) is 5.73 Å². The Hall–Kier alpha value is -0.810. The molecule has 0 amide bonds. The van der Waals surface area contributed by atoms with Crippen molar-refractivity contribution in [3.8, 4) is 0 Å². The van der Waals surface area contributed by atoms with E-state index in [9.17, 15) is 4.79 Å². The van der Waals surface area contributed by atoms with Crippen LogP contribution in [0.5, 0.6) is 0 Å². The highest BCUT2D eigenvalue weighted by atomic mass is 32.2. The van der Waals surface area contributed by atoms with Gasteiger partial charge in [0.2, 0.25) is 5.78 Å². The van der Waals surface area contributed by atoms with Gasteiger partial charge in [0.15, 0.2) is 0 Å². The maximum absolute atomic E-state index is 11.7. The molecule has 1 aromatic heterocycles. The van der Waals surface area contributed by atoms with E-state index in [-0.39, 0.29) is 5.78 Å². The molecular weight excluding hydrogens is 216 g/mol. The molecule has 14 heavy (non-hydrogen) atoms. The maximum atomic E-state index is 11.7. The van der Waals surface area contributed by atoms with Crippen molar-refractivity contribution in [1.29, 1.82) is 0 Å². The number of Topliss-reactive ketones (excluding diaryl/α,β-unsaturated/α-hetero) is 1. The molecule has 2 N–H and O–H groups in total. The highest BCUT2D eigenvalue weighted by Gasteiger charge is 2.21. The van der Waals surface area contributed by atoms with Crippen LogP contribution in [0.4, 0.5) is 0 Å². The first-order valence-corrected chi connectivity index (χ1v) is 6.21. The van der Waals surface area contributed by atoms with E-state index < -0.39 is 0 Å². The minimum Gasteiger partial charge on any atom is -0.289 e. The summed E-state index contributed by atoms with van der Waals surface area (Å²) in [7, 11) is 0. The van der Waals surface area contributed by atoms with Crippen LogP contribution in [0.1, 0.15) is 9.67 Å². The molecule has 0 aromatic carbocycles. The Kier molecular flexibility index (Phi) is 2.88. The van der Waals surface area contributed by atoms with Gasteiger partial charge in [-0.15, -0.1) is 11.3 Å². The quantitative estimate of drug-likeness (QED) is 0.619. The number of thioether (sulfide) groups is 1. The lowest BCUT2D eigenvalue weighted by molar-refractivity contribution is -0.504. The Balaban J connectivity index is 2.05. The van der Waals surface area contributed by atoms with Crippen LogP contribution in [-0.2, 0) is 0 Å². The lowest BCUT2D eigenvalue weighted by atomic mass is 10.3. The number of hydrogen-bond acceptors (Lipinski definition) is 4. The third-order valence-corrected chi connectivity index (χ3v) is 3.90. The smallest absolute Gasteiger partial charge is 0.289 e. The van der Waals surface area contributed by atoms with Crippen LogP contribution in [0.15, 0.2) is 17.5 Å². The molecule has 2 rings (SSSR count). The SMILES string of the molecule is NC1=[N+](CC(=O)c2cccs2)CCS1. The van der Waals surface area contributed by atoms with E-state index in [1.807, 2.05) is 22.1 Å². The average molecular weight is 227 g/mol. The highest BCUT2D eigenvalue weighted by Crippen LogP contribution is 2.12. The normalized spacial score (nSPS) is 16.3. The number of carbonyl (C=O) groups is 1. The van der Waals surface area contributed by atoms with Gasteiger partial charge in [0.05, 0.1) is 11.4 Å². The summed E-state index contributed by atoms with van der Waals surface area (Å²) in [6, 6.07) is 3.75. The predicted octanol–water partition coefficient (Wildman–Crippen LogP) is 1.00. The first-order chi connectivity index (χ1) is 6.77. The molecule has 0 fully saturated rings. The standard InChI is InChI=1S/C9H10N2OS2/c10-9-11(3-5-14-9)6-7(12)8-2-1-4-13-8/h1-2,4,10H,3,5-6H2/p+1. The fourth-order valence-electron chi connectivity index (χ4n) is 1.31. The molecule has 1 aromatic rings. The largest absolute Gasteiger partial charge is 0.304 e. The van der Waals surface area contributed by atoms with Crippen molar-refractivity contribution >= 4 is 34.0 Å². The second-order valence-electron chi connectivity index (χ2n) is 3.01. The van der Waals surface area contributed by atoms with Crippen molar-refractivity contribution < 1.29 is 9.37 Å². The molecule has 0 aliphatic carbocycles. The Morgan fingerprint density at radius 1 is 1.64 bits per heavy atom. The van der Waals surface area contributed by atoms with Gasteiger partial charge in [0.25, 0.3) is 0 Å². The summed E-state index contributed by atoms with van der Waals surface area (Å²) in [6.07, 6.45) is 0. The molecule has 3 nitrogen and oxygen atoms in total. The Labute approximate surface area is 90.6 Å². The second-order valence-corrected chi connectivity index (χ2v) is 5.07. The van der Waals surface area contributed by atoms with Gasteiger partial charge in [-0.3, -0.25) is 10.5 Å². The molecule has 1 aliphatic heterocycles. The second kappa shape index (κ2) is 4.14. The number of ketones is 1. The zero-order valence-corrected chi connectivity index (χ0v) is 9.24. The summed E-state index contributed by atoms with van der Waals surface area (Å²) in [4.78, 5) is 12.5. The first-order valence-electron chi connectivity index (χ1n) is 4.34. The Bertz CT molecular complexity index is 370. The van der Waals surface area contributed by atoms with Gasteiger partial charge in [0.1, 0.15) is 6.54 Å². The Morgan fingerprint density at radius 2 is 2.50 bits per heavy atom. The van der Waals surface area contributed by atoms with Gasteiger partial charge in [-0.25, -0.2) is 4.58 Å². The molecule has 0 unspecified atom stereocenters. The molecule has 1 aliphatic rings. The molecule has 74 valence electrons. The van der Waals surface area contributed by atoms with Crippen LogP contribution in [0, 0.1) is 0 Å². The third kappa shape index (κ3) is 1.99. The summed E-state index contributed by atoms with van der Waals surface area (Å²) >= 11 is 3.10. The number of amidine groups is 1. The number of rotatable bonds is 3. The van der Waals surface area contributed by atoms with Gasteiger partial charge >= 0.3 is 5.17 Å². The number of hydrogen-bond donors (Lipinski definition) is 1. The zero-order valence-electron chi connectivity index (χ0n) is 7.60. The summed E-state index contributed by atoms with van der Waals surface area (Å²) in [5.41, 5.74) is 5.74. The Morgan fingerprint density at radius 3 is 3.07 bits per heavy atom. The van der Waals surface area contributed by atoms with E-state index in [0.717, 1.165) is 22.3 Å². The lowest BCUT2D eigenvalue weighted by Crippen LogP contribution is -2.26. The number of nitrogens with zero attached hydrogens (tertiary/aromatic N) is 1. The molecule has 5 heteroatoms. The van der Waals surface area contributed by atoms with E-state index in [1.54, 1.807) is 11.8 Å². The number of thiophene rings is 1. The van der Waals surface area contributed by atoms with Crippen molar-refractivity contribution in [1.82, 2.24) is 0 Å². The molecule has 0 atom stereocenters. The van der Waals surface area contributed by atoms with Crippen molar-refractivity contribution in [3.05, 3.63) is 22.4 Å². The summed E-state index contributed by atoms with van der Waals surface area (Å²) in [6.45, 7) is 1.30. The van der Waals surface area contributed by atoms with Gasteiger partial charge in [-0.1, -0.05) is 6.07 Å². The van der Waals surface area contributed by atoms with E-state index >= 15 is 0 Å². The monoisotopic (exact) mass is 227 g/mol. The van der Waals surface area contributed by atoms with Crippen LogP contribution in [0.3, 0.4) is 0 Å². The summed E-state index contributed by atoms with van der Waals surface area (Å²) < 4.78 is 1.94. The summed E-state index contributed by atoms with van der Waals surface area (Å²) in [5.74, 6) is 1.15. The van der Waals surface area contributed by atoms with Gasteiger partial charge in [0, 0.05) is 5.75 Å². The molecule has 0 bridgehead atoms. The van der Waals surface area contributed by atoms with E-state index in [0.29, 0.717) is 6.54 Å². The molecule has 0 spiro atoms. The molecule has 0 radical (unpaired) electrons. The summed E-state index contributed by atoms with van der Waals surface area (Å²) in [5, 5.41) is 2.69. The van der Waals surface area contributed by atoms with Crippen LogP contribution in [0.2, 0.25) is 0 Å². The number of nitrogens with two attached hydrogens (primary N) is 1. The highest BCUT2D eigenvalue weighted by molar-refractivity contribution is 8.13. The lowest BCUT2D eigenvalue weighted by Gasteiger charge is -1.99. The fraction of sp³-hybridized carbons (Fsp3) is 0.333. The predicted molar refractivity (Wildman–Crippen MR) is 60.3 cm³/mol. The van der Waals surface area contributed by atoms with Gasteiger partial charge in [-0.2, -0.15) is 0 Å². The van der Waals surface area contributed by atoms with Crippen molar-refractivity contribution in [2.45, 2.75) is 0 Å². The molecule has 0 saturated heterocycles. The van der Waals surface area contributed by atoms with Gasteiger partial charge < -0.3 is 0 Å². The van der Waals surface area contributed by atoms with E-state index in [1.165, 1.54) is 11.3 Å². The maximum Gasteiger partial charge on any atom is 0.304 e. The zero-order chi connectivity index (χ0) is 9.97. The van der Waals surface area contributed by atoms with Crippen LogP contribution < -0.4 is 5.73 Å². The van der Waals surface area contributed by atoms with Crippen molar-refractivity contribution in [3.63, 3.8) is 0 Å². The fourth-order valence-corrected chi connectivity index (χ4v) is 2.82. The molecular formula is C9H11N2OS2+. The van der Waals surface area contributed by atoms with E-state index in [2.05, 4.69) is 0 Å². The number of carbonyl (C=O) groups excluding carboxylic acids is 1. The average Bonchev–Trinajstić information content (AvgIpc) is 2.77. The van der Waals surface area contributed by atoms with Crippen molar-refractivity contribution in [2.24, 2.45) is 5.73 Å². The van der Waals surface area contributed by atoms with Crippen LogP contribution in [0.25, 0.3) is 0 Å². The molecule has 0 saturated carbocycles. The van der Waals surface area contributed by atoms with Crippen LogP contribution >= 0.6 is 23.1 Å². The first kappa shape index (κ1) is 9.73. The minimum absolute atomic E-state index is 0.158. The molecule has 2 heterocycles. The minimum atomic E-state index is 0.158. The van der Waals surface area contributed by atoms with Gasteiger partial charge in [-0.05, 0) is 23.2 Å².